The zero-order valence-corrected chi connectivity index (χ0v) is 12.9. The molecule has 2 amide bonds. The summed E-state index contributed by atoms with van der Waals surface area (Å²) in [4.78, 5) is 30.3. The van der Waals surface area contributed by atoms with Gasteiger partial charge in [0, 0.05) is 45.0 Å². The van der Waals surface area contributed by atoms with Gasteiger partial charge in [-0.3, -0.25) is 9.59 Å². The summed E-state index contributed by atoms with van der Waals surface area (Å²) in [6, 6.07) is 10.2. The van der Waals surface area contributed by atoms with Gasteiger partial charge in [-0.1, -0.05) is 18.2 Å². The van der Waals surface area contributed by atoms with Gasteiger partial charge in [0.1, 0.15) is 0 Å². The maximum absolute atomic E-state index is 12.4. The van der Waals surface area contributed by atoms with Crippen molar-refractivity contribution in [2.45, 2.75) is 19.3 Å². The lowest BCUT2D eigenvalue weighted by Gasteiger charge is -2.37. The van der Waals surface area contributed by atoms with Crippen molar-refractivity contribution in [1.82, 2.24) is 9.80 Å². The van der Waals surface area contributed by atoms with E-state index in [1.165, 1.54) is 5.69 Å². The number of benzene rings is 1. The van der Waals surface area contributed by atoms with Crippen LogP contribution in [0.25, 0.3) is 0 Å². The van der Waals surface area contributed by atoms with Crippen molar-refractivity contribution in [3.8, 4) is 0 Å². The van der Waals surface area contributed by atoms with Crippen molar-refractivity contribution in [2.24, 2.45) is 0 Å². The first kappa shape index (κ1) is 14.9. The highest BCUT2D eigenvalue weighted by Gasteiger charge is 2.30. The summed E-state index contributed by atoms with van der Waals surface area (Å²) in [5.41, 5.74) is 1.18. The normalized spacial score (nSPS) is 19.2. The number of piperazine rings is 1. The molecule has 22 heavy (non-hydrogen) atoms. The molecular formula is C17H23N3O2. The van der Waals surface area contributed by atoms with Crippen molar-refractivity contribution in [2.75, 3.05) is 44.2 Å². The predicted molar refractivity (Wildman–Crippen MR) is 85.7 cm³/mol. The molecule has 5 heteroatoms. The maximum Gasteiger partial charge on any atom is 0.312 e. The molecule has 2 saturated heterocycles. The summed E-state index contributed by atoms with van der Waals surface area (Å²) in [7, 11) is 0. The molecule has 0 atom stereocenters. The number of nitrogens with zero attached hydrogens (tertiary/aromatic N) is 3. The minimum absolute atomic E-state index is 0.312. The Kier molecular flexibility index (Phi) is 4.61. The van der Waals surface area contributed by atoms with E-state index in [-0.39, 0.29) is 11.8 Å². The van der Waals surface area contributed by atoms with Crippen LogP contribution in [-0.4, -0.2) is 60.9 Å². The maximum atomic E-state index is 12.4. The van der Waals surface area contributed by atoms with Gasteiger partial charge in [0.2, 0.25) is 0 Å². The van der Waals surface area contributed by atoms with Gasteiger partial charge in [-0.15, -0.1) is 0 Å². The second kappa shape index (κ2) is 6.81. The van der Waals surface area contributed by atoms with E-state index in [1.54, 1.807) is 9.80 Å². The number of anilines is 1. The highest BCUT2D eigenvalue weighted by Crippen LogP contribution is 2.16. The Labute approximate surface area is 131 Å². The van der Waals surface area contributed by atoms with Crippen LogP contribution < -0.4 is 4.90 Å². The number of piperidine rings is 1. The molecule has 0 N–H and O–H groups in total. The van der Waals surface area contributed by atoms with Gasteiger partial charge in [-0.2, -0.15) is 0 Å². The van der Waals surface area contributed by atoms with E-state index in [0.717, 1.165) is 45.4 Å². The Bertz CT molecular complexity index is 518. The Morgan fingerprint density at radius 1 is 0.682 bits per heavy atom. The first-order valence-corrected chi connectivity index (χ1v) is 8.14. The minimum Gasteiger partial charge on any atom is -0.368 e. The fourth-order valence-electron chi connectivity index (χ4n) is 3.17. The number of carbonyl (C=O) groups excluding carboxylic acids is 2. The molecule has 0 unspecified atom stereocenters. The van der Waals surface area contributed by atoms with E-state index in [1.807, 2.05) is 18.2 Å². The second-order valence-corrected chi connectivity index (χ2v) is 5.97. The van der Waals surface area contributed by atoms with Crippen molar-refractivity contribution in [1.29, 1.82) is 0 Å². The highest BCUT2D eigenvalue weighted by atomic mass is 16.2. The SMILES string of the molecule is O=C(C(=O)N1CCN(c2ccccc2)CC1)N1CCCCC1. The fourth-order valence-corrected chi connectivity index (χ4v) is 3.17. The molecule has 1 aromatic carbocycles. The van der Waals surface area contributed by atoms with Crippen LogP contribution in [0, 0.1) is 0 Å². The lowest BCUT2D eigenvalue weighted by atomic mass is 10.1. The summed E-state index contributed by atoms with van der Waals surface area (Å²) in [5, 5.41) is 0. The molecule has 118 valence electrons. The molecule has 1 aromatic rings. The lowest BCUT2D eigenvalue weighted by molar-refractivity contribution is -0.152. The third kappa shape index (κ3) is 3.24. The Balaban J connectivity index is 1.54. The number of carbonyl (C=O) groups is 2. The van der Waals surface area contributed by atoms with Crippen LogP contribution in [0.15, 0.2) is 30.3 Å². The van der Waals surface area contributed by atoms with Crippen LogP contribution in [0.3, 0.4) is 0 Å². The van der Waals surface area contributed by atoms with Gasteiger partial charge in [-0.05, 0) is 31.4 Å². The van der Waals surface area contributed by atoms with Crippen molar-refractivity contribution in [3.63, 3.8) is 0 Å². The van der Waals surface area contributed by atoms with E-state index in [0.29, 0.717) is 13.1 Å². The summed E-state index contributed by atoms with van der Waals surface area (Å²) in [6.45, 7) is 4.26. The zero-order valence-electron chi connectivity index (χ0n) is 12.9. The zero-order chi connectivity index (χ0) is 15.4. The third-order valence-corrected chi connectivity index (χ3v) is 4.51. The van der Waals surface area contributed by atoms with Gasteiger partial charge < -0.3 is 14.7 Å². The number of para-hydroxylation sites is 1. The van der Waals surface area contributed by atoms with Crippen molar-refractivity contribution >= 4 is 17.5 Å². The van der Waals surface area contributed by atoms with Crippen LogP contribution in [0.2, 0.25) is 0 Å². The quantitative estimate of drug-likeness (QED) is 0.736. The number of rotatable bonds is 1. The van der Waals surface area contributed by atoms with Gasteiger partial charge in [0.05, 0.1) is 0 Å². The van der Waals surface area contributed by atoms with Gasteiger partial charge >= 0.3 is 11.8 Å². The average molecular weight is 301 g/mol. The second-order valence-electron chi connectivity index (χ2n) is 5.97. The standard InChI is InChI=1S/C17H23N3O2/c21-16(19-9-5-2-6-10-19)17(22)20-13-11-18(12-14-20)15-7-3-1-4-8-15/h1,3-4,7-8H,2,5-6,9-14H2. The first-order chi connectivity index (χ1) is 10.8. The Morgan fingerprint density at radius 2 is 1.23 bits per heavy atom. The van der Waals surface area contributed by atoms with Gasteiger partial charge in [-0.25, -0.2) is 0 Å². The molecule has 5 nitrogen and oxygen atoms in total. The van der Waals surface area contributed by atoms with E-state index >= 15 is 0 Å². The van der Waals surface area contributed by atoms with E-state index in [2.05, 4.69) is 17.0 Å². The van der Waals surface area contributed by atoms with Crippen LogP contribution in [-0.2, 0) is 9.59 Å². The molecule has 3 rings (SSSR count). The molecule has 0 saturated carbocycles. The monoisotopic (exact) mass is 301 g/mol. The number of hydrogen-bond acceptors (Lipinski definition) is 3. The summed E-state index contributed by atoms with van der Waals surface area (Å²) in [6.07, 6.45) is 3.19. The first-order valence-electron chi connectivity index (χ1n) is 8.14. The molecule has 0 aromatic heterocycles. The number of likely N-dealkylation sites (tertiary alicyclic amines) is 1. The van der Waals surface area contributed by atoms with Crippen LogP contribution >= 0.6 is 0 Å². The van der Waals surface area contributed by atoms with Gasteiger partial charge in [0.15, 0.2) is 0 Å². The van der Waals surface area contributed by atoms with Crippen LogP contribution in [0.4, 0.5) is 5.69 Å². The van der Waals surface area contributed by atoms with E-state index in [9.17, 15) is 9.59 Å². The molecule has 0 bridgehead atoms. The summed E-state index contributed by atoms with van der Waals surface area (Å²) >= 11 is 0. The molecule has 2 heterocycles. The smallest absolute Gasteiger partial charge is 0.312 e. The third-order valence-electron chi connectivity index (χ3n) is 4.51. The molecule has 2 aliphatic heterocycles. The summed E-state index contributed by atoms with van der Waals surface area (Å²) in [5.74, 6) is -0.637. The lowest BCUT2D eigenvalue weighted by Crippen LogP contribution is -2.54. The van der Waals surface area contributed by atoms with Crippen LogP contribution in [0.1, 0.15) is 19.3 Å². The average Bonchev–Trinajstić information content (AvgIpc) is 2.62. The number of hydrogen-bond donors (Lipinski definition) is 0. The van der Waals surface area contributed by atoms with Crippen molar-refractivity contribution < 1.29 is 9.59 Å². The van der Waals surface area contributed by atoms with E-state index < -0.39 is 0 Å². The predicted octanol–water partition coefficient (Wildman–Crippen LogP) is 1.35. The topological polar surface area (TPSA) is 43.9 Å². The van der Waals surface area contributed by atoms with E-state index in [4.69, 9.17) is 0 Å². The van der Waals surface area contributed by atoms with Gasteiger partial charge in [0.25, 0.3) is 0 Å². The largest absolute Gasteiger partial charge is 0.368 e. The highest BCUT2D eigenvalue weighted by molar-refractivity contribution is 6.34. The fraction of sp³-hybridized carbons (Fsp3) is 0.529. The minimum atomic E-state index is -0.324. The Morgan fingerprint density at radius 3 is 1.82 bits per heavy atom. The van der Waals surface area contributed by atoms with Crippen molar-refractivity contribution in [3.05, 3.63) is 30.3 Å². The molecule has 0 aliphatic carbocycles. The molecular weight excluding hydrogens is 278 g/mol. The molecule has 0 radical (unpaired) electrons. The number of amides is 2. The van der Waals surface area contributed by atoms with Crippen LogP contribution in [0.5, 0.6) is 0 Å². The molecule has 2 aliphatic rings. The summed E-state index contributed by atoms with van der Waals surface area (Å²) < 4.78 is 0. The molecule has 0 spiro atoms. The Hall–Kier alpha value is -2.04. The molecule has 2 fully saturated rings.